The first-order valence-corrected chi connectivity index (χ1v) is 5.53. The van der Waals surface area contributed by atoms with Gasteiger partial charge in [0.15, 0.2) is 0 Å². The van der Waals surface area contributed by atoms with Gasteiger partial charge in [0.05, 0.1) is 6.54 Å². The number of hydrogen-bond donors (Lipinski definition) is 3. The zero-order valence-corrected chi connectivity index (χ0v) is 9.35. The zero-order chi connectivity index (χ0) is 11.3. The summed E-state index contributed by atoms with van der Waals surface area (Å²) in [6.07, 6.45) is 1.37. The Kier molecular flexibility index (Phi) is 4.08. The van der Waals surface area contributed by atoms with E-state index in [9.17, 15) is 9.59 Å². The lowest BCUT2D eigenvalue weighted by atomic mass is 9.86. The maximum absolute atomic E-state index is 11.6. The van der Waals surface area contributed by atoms with E-state index in [1.54, 1.807) is 0 Å². The Morgan fingerprint density at radius 2 is 1.73 bits per heavy atom. The molecule has 2 heterocycles. The summed E-state index contributed by atoms with van der Waals surface area (Å²) < 4.78 is 0. The van der Waals surface area contributed by atoms with Crippen molar-refractivity contribution in [3.63, 3.8) is 0 Å². The van der Waals surface area contributed by atoms with E-state index in [2.05, 4.69) is 16.0 Å². The minimum absolute atomic E-state index is 0.0337. The number of carbonyl (C=O) groups is 2. The minimum atomic E-state index is -0.624. The van der Waals surface area contributed by atoms with Gasteiger partial charge in [-0.2, -0.15) is 0 Å². The van der Waals surface area contributed by atoms with E-state index in [1.807, 2.05) is 13.8 Å². The van der Waals surface area contributed by atoms with Crippen LogP contribution >= 0.6 is 0 Å². The fourth-order valence-electron chi connectivity index (χ4n) is 1.90. The Balaban J connectivity index is 0.000000531. The van der Waals surface area contributed by atoms with Gasteiger partial charge in [-0.15, -0.1) is 0 Å². The van der Waals surface area contributed by atoms with Crippen LogP contribution in [0.2, 0.25) is 0 Å². The van der Waals surface area contributed by atoms with Crippen molar-refractivity contribution in [1.29, 1.82) is 0 Å². The Morgan fingerprint density at radius 1 is 1.13 bits per heavy atom. The van der Waals surface area contributed by atoms with Crippen LogP contribution in [0.15, 0.2) is 0 Å². The van der Waals surface area contributed by atoms with Gasteiger partial charge in [0.1, 0.15) is 5.54 Å². The van der Waals surface area contributed by atoms with Crippen molar-refractivity contribution in [3.05, 3.63) is 0 Å². The molecule has 0 atom stereocenters. The maximum Gasteiger partial charge on any atom is 0.246 e. The molecule has 2 saturated heterocycles. The quantitative estimate of drug-likeness (QED) is 0.502. The molecule has 2 aliphatic heterocycles. The molecule has 0 bridgehead atoms. The normalized spacial score (nSPS) is 23.6. The van der Waals surface area contributed by atoms with Gasteiger partial charge in [-0.1, -0.05) is 13.8 Å². The van der Waals surface area contributed by atoms with Crippen LogP contribution in [0.5, 0.6) is 0 Å². The molecule has 2 fully saturated rings. The van der Waals surface area contributed by atoms with Crippen molar-refractivity contribution in [2.75, 3.05) is 19.6 Å². The summed E-state index contributed by atoms with van der Waals surface area (Å²) in [7, 11) is 0. The first kappa shape index (κ1) is 12.0. The molecule has 2 amide bonds. The molecular formula is C10H19N3O2. The van der Waals surface area contributed by atoms with Crippen LogP contribution in [0.25, 0.3) is 0 Å². The summed E-state index contributed by atoms with van der Waals surface area (Å²) in [5.41, 5.74) is -0.624. The maximum atomic E-state index is 11.6. The highest BCUT2D eigenvalue weighted by Gasteiger charge is 2.43. The van der Waals surface area contributed by atoms with Gasteiger partial charge in [-0.3, -0.25) is 9.59 Å². The predicted molar refractivity (Wildman–Crippen MR) is 57.3 cm³/mol. The third-order valence-electron chi connectivity index (χ3n) is 2.68. The highest BCUT2D eigenvalue weighted by Crippen LogP contribution is 2.20. The first-order valence-electron chi connectivity index (χ1n) is 5.53. The van der Waals surface area contributed by atoms with Crippen LogP contribution in [0.1, 0.15) is 26.7 Å². The molecule has 0 saturated carbocycles. The van der Waals surface area contributed by atoms with E-state index in [4.69, 9.17) is 0 Å². The summed E-state index contributed by atoms with van der Waals surface area (Å²) in [6, 6.07) is 0. The standard InChI is InChI=1S/C8H13N3O2.C2H6/c12-6-5-10-7(13)8(11-6)1-3-9-4-2-8;1-2/h9H,1-5H2,(H,10,13)(H,11,12);1-2H3. The fraction of sp³-hybridized carbons (Fsp3) is 0.800. The van der Waals surface area contributed by atoms with Crippen LogP contribution in [-0.4, -0.2) is 37.0 Å². The molecule has 86 valence electrons. The van der Waals surface area contributed by atoms with Crippen molar-refractivity contribution in [1.82, 2.24) is 16.0 Å². The molecule has 0 aromatic rings. The summed E-state index contributed by atoms with van der Waals surface area (Å²) >= 11 is 0. The van der Waals surface area contributed by atoms with Gasteiger partial charge in [0, 0.05) is 0 Å². The summed E-state index contributed by atoms with van der Waals surface area (Å²) in [4.78, 5) is 22.7. The van der Waals surface area contributed by atoms with Crippen molar-refractivity contribution in [2.45, 2.75) is 32.2 Å². The van der Waals surface area contributed by atoms with E-state index in [0.717, 1.165) is 13.1 Å². The lowest BCUT2D eigenvalue weighted by molar-refractivity contribution is -0.139. The van der Waals surface area contributed by atoms with Gasteiger partial charge in [-0.25, -0.2) is 0 Å². The molecule has 5 nitrogen and oxygen atoms in total. The SMILES string of the molecule is CC.O=C1CNC(=O)C2(CCNCC2)N1. The average molecular weight is 213 g/mol. The minimum Gasteiger partial charge on any atom is -0.345 e. The third kappa shape index (κ3) is 2.47. The third-order valence-corrected chi connectivity index (χ3v) is 2.68. The van der Waals surface area contributed by atoms with Gasteiger partial charge in [0.25, 0.3) is 0 Å². The smallest absolute Gasteiger partial charge is 0.246 e. The van der Waals surface area contributed by atoms with E-state index >= 15 is 0 Å². The van der Waals surface area contributed by atoms with Crippen molar-refractivity contribution in [3.8, 4) is 0 Å². The molecule has 1 spiro atoms. The van der Waals surface area contributed by atoms with Gasteiger partial charge < -0.3 is 16.0 Å². The van der Waals surface area contributed by atoms with Crippen molar-refractivity contribution >= 4 is 11.8 Å². The molecular weight excluding hydrogens is 194 g/mol. The van der Waals surface area contributed by atoms with Crippen molar-refractivity contribution in [2.24, 2.45) is 0 Å². The van der Waals surface area contributed by atoms with Gasteiger partial charge in [0.2, 0.25) is 11.8 Å². The summed E-state index contributed by atoms with van der Waals surface area (Å²) in [5.74, 6) is -0.116. The fourth-order valence-corrected chi connectivity index (χ4v) is 1.90. The number of hydrogen-bond acceptors (Lipinski definition) is 3. The number of amides is 2. The van der Waals surface area contributed by atoms with E-state index in [1.165, 1.54) is 0 Å². The van der Waals surface area contributed by atoms with Crippen molar-refractivity contribution < 1.29 is 9.59 Å². The second-order valence-electron chi connectivity index (χ2n) is 3.56. The number of nitrogens with one attached hydrogen (secondary N) is 3. The van der Waals surface area contributed by atoms with Crippen LogP contribution in [0, 0.1) is 0 Å². The van der Waals surface area contributed by atoms with Gasteiger partial charge >= 0.3 is 0 Å². The molecule has 0 radical (unpaired) electrons. The van der Waals surface area contributed by atoms with Crippen LogP contribution in [0.4, 0.5) is 0 Å². The predicted octanol–water partition coefficient (Wildman–Crippen LogP) is -0.619. The number of rotatable bonds is 0. The highest BCUT2D eigenvalue weighted by molar-refractivity contribution is 5.98. The molecule has 0 aromatic heterocycles. The first-order chi connectivity index (χ1) is 7.23. The average Bonchev–Trinajstić information content (AvgIpc) is 2.28. The summed E-state index contributed by atoms with van der Waals surface area (Å²) in [6.45, 7) is 5.69. The van der Waals surface area contributed by atoms with E-state index < -0.39 is 5.54 Å². The molecule has 2 rings (SSSR count). The second kappa shape index (κ2) is 5.11. The van der Waals surface area contributed by atoms with Crippen LogP contribution in [-0.2, 0) is 9.59 Å². The zero-order valence-electron chi connectivity index (χ0n) is 9.35. The summed E-state index contributed by atoms with van der Waals surface area (Å²) in [5, 5.41) is 8.56. The lowest BCUT2D eigenvalue weighted by Crippen LogP contribution is -2.68. The van der Waals surface area contributed by atoms with Crippen LogP contribution in [0.3, 0.4) is 0 Å². The highest BCUT2D eigenvalue weighted by atomic mass is 16.2. The second-order valence-corrected chi connectivity index (χ2v) is 3.56. The molecule has 0 unspecified atom stereocenters. The molecule has 3 N–H and O–H groups in total. The van der Waals surface area contributed by atoms with Gasteiger partial charge in [-0.05, 0) is 25.9 Å². The largest absolute Gasteiger partial charge is 0.345 e. The Hall–Kier alpha value is -1.10. The monoisotopic (exact) mass is 213 g/mol. The number of carbonyl (C=O) groups excluding carboxylic acids is 2. The Labute approximate surface area is 90.0 Å². The molecule has 0 aromatic carbocycles. The van der Waals surface area contributed by atoms with Crippen LogP contribution < -0.4 is 16.0 Å². The molecule has 2 aliphatic rings. The van der Waals surface area contributed by atoms with E-state index in [-0.39, 0.29) is 18.4 Å². The molecule has 5 heteroatoms. The topological polar surface area (TPSA) is 70.2 Å². The lowest BCUT2D eigenvalue weighted by Gasteiger charge is -2.39. The number of piperidine rings is 1. The Bertz CT molecular complexity index is 247. The molecule has 15 heavy (non-hydrogen) atoms. The van der Waals surface area contributed by atoms with E-state index in [0.29, 0.717) is 12.8 Å². The molecule has 0 aliphatic carbocycles. The Morgan fingerprint density at radius 3 is 2.33 bits per heavy atom. The number of piperazine rings is 1.